The van der Waals surface area contributed by atoms with Crippen LogP contribution in [0.1, 0.15) is 16.9 Å². The highest BCUT2D eigenvalue weighted by Crippen LogP contribution is 2.22. The maximum atomic E-state index is 12.7. The fourth-order valence-corrected chi connectivity index (χ4v) is 3.31. The van der Waals surface area contributed by atoms with E-state index in [1.54, 1.807) is 30.0 Å². The Balaban J connectivity index is 1.74. The molecule has 0 radical (unpaired) electrons. The Hall–Kier alpha value is -2.36. The van der Waals surface area contributed by atoms with Crippen LogP contribution in [0.4, 0.5) is 5.69 Å². The quantitative estimate of drug-likeness (QED) is 0.447. The zero-order valence-corrected chi connectivity index (χ0v) is 16.9. The van der Waals surface area contributed by atoms with Gasteiger partial charge >= 0.3 is 5.76 Å². The second-order valence-corrected chi connectivity index (χ2v) is 7.64. The first kappa shape index (κ1) is 20.4. The maximum absolute atomic E-state index is 12.7. The number of halogens is 2. The van der Waals surface area contributed by atoms with Crippen LogP contribution in [0.15, 0.2) is 33.5 Å². The molecular formula is C17H16Cl2N4O4S. The first-order chi connectivity index (χ1) is 13.4. The lowest BCUT2D eigenvalue weighted by Crippen LogP contribution is -2.44. The van der Waals surface area contributed by atoms with Crippen molar-refractivity contribution in [2.45, 2.75) is 12.5 Å². The lowest BCUT2D eigenvalue weighted by Gasteiger charge is -2.18. The van der Waals surface area contributed by atoms with Crippen LogP contribution in [0, 0.1) is 0 Å². The molecular weight excluding hydrogens is 427 g/mol. The van der Waals surface area contributed by atoms with Crippen LogP contribution >= 0.6 is 35.0 Å². The Labute approximate surface area is 173 Å². The Morgan fingerprint density at radius 1 is 1.25 bits per heavy atom. The van der Waals surface area contributed by atoms with Gasteiger partial charge < -0.3 is 20.0 Å². The average Bonchev–Trinajstić information content (AvgIpc) is 3.19. The molecule has 3 aromatic rings. The van der Waals surface area contributed by atoms with Crippen molar-refractivity contribution >= 4 is 63.6 Å². The third kappa shape index (κ3) is 4.73. The van der Waals surface area contributed by atoms with E-state index in [0.29, 0.717) is 29.0 Å². The molecule has 28 heavy (non-hydrogen) atoms. The highest BCUT2D eigenvalue weighted by Gasteiger charge is 2.23. The van der Waals surface area contributed by atoms with Crippen molar-refractivity contribution in [3.8, 4) is 0 Å². The topological polar surface area (TPSA) is 120 Å². The van der Waals surface area contributed by atoms with Gasteiger partial charge in [-0.1, -0.05) is 23.2 Å². The van der Waals surface area contributed by atoms with Crippen LogP contribution in [0.2, 0.25) is 10.2 Å². The molecule has 1 atom stereocenters. The normalized spacial score (nSPS) is 12.1. The number of H-pyrrole nitrogens is 2. The van der Waals surface area contributed by atoms with Crippen molar-refractivity contribution in [1.29, 1.82) is 0 Å². The number of rotatable bonds is 7. The predicted octanol–water partition coefficient (Wildman–Crippen LogP) is 3.25. The Morgan fingerprint density at radius 3 is 2.71 bits per heavy atom. The standard InChI is InChI=1S/C17H16Cl2N4O4S/c1-28-5-4-10(22-16(25)12-7-9(18)14(19)21-12)15(24)20-8-2-3-13-11(6-8)23-17(26)27-13/h2-3,6-7,10,21H,4-5H2,1H3,(H,20,24)(H,22,25)(H,23,26). The summed E-state index contributed by atoms with van der Waals surface area (Å²) in [5.41, 5.74) is 1.47. The molecule has 0 spiro atoms. The number of carbonyl (C=O) groups is 2. The number of aromatic amines is 2. The van der Waals surface area contributed by atoms with E-state index in [1.807, 2.05) is 6.26 Å². The fourth-order valence-electron chi connectivity index (χ4n) is 2.53. The highest BCUT2D eigenvalue weighted by atomic mass is 35.5. The monoisotopic (exact) mass is 442 g/mol. The molecule has 0 aliphatic rings. The second kappa shape index (κ2) is 8.76. The van der Waals surface area contributed by atoms with Crippen LogP contribution < -0.4 is 16.4 Å². The number of fused-ring (bicyclic) bond motifs is 1. The Kier molecular flexibility index (Phi) is 6.38. The third-order valence-corrected chi connectivity index (χ3v) is 5.23. The van der Waals surface area contributed by atoms with Crippen LogP contribution in [0.3, 0.4) is 0 Å². The summed E-state index contributed by atoms with van der Waals surface area (Å²) in [6, 6.07) is 5.37. The number of hydrogen-bond donors (Lipinski definition) is 4. The van der Waals surface area contributed by atoms with Crippen LogP contribution in [-0.2, 0) is 4.79 Å². The number of carbonyl (C=O) groups excluding carboxylic acids is 2. The van der Waals surface area contributed by atoms with Gasteiger partial charge in [0.1, 0.15) is 16.9 Å². The second-order valence-electron chi connectivity index (χ2n) is 5.87. The smallest absolute Gasteiger partial charge is 0.408 e. The van der Waals surface area contributed by atoms with Gasteiger partial charge in [0.2, 0.25) is 5.91 Å². The van der Waals surface area contributed by atoms with Gasteiger partial charge in [-0.2, -0.15) is 11.8 Å². The van der Waals surface area contributed by atoms with Crippen molar-refractivity contribution in [2.24, 2.45) is 0 Å². The van der Waals surface area contributed by atoms with Gasteiger partial charge in [0, 0.05) is 5.69 Å². The predicted molar refractivity (Wildman–Crippen MR) is 111 cm³/mol. The van der Waals surface area contributed by atoms with E-state index < -0.39 is 23.6 Å². The van der Waals surface area contributed by atoms with E-state index >= 15 is 0 Å². The maximum Gasteiger partial charge on any atom is 0.417 e. The van der Waals surface area contributed by atoms with E-state index in [2.05, 4.69) is 20.6 Å². The molecule has 148 valence electrons. The molecule has 3 rings (SSSR count). The molecule has 2 heterocycles. The van der Waals surface area contributed by atoms with Crippen molar-refractivity contribution in [3.63, 3.8) is 0 Å². The minimum absolute atomic E-state index is 0.152. The largest absolute Gasteiger partial charge is 0.417 e. The Morgan fingerprint density at radius 2 is 2.04 bits per heavy atom. The number of anilines is 1. The van der Waals surface area contributed by atoms with Crippen LogP contribution in [-0.4, -0.2) is 39.8 Å². The van der Waals surface area contributed by atoms with Crippen LogP contribution in [0.5, 0.6) is 0 Å². The van der Waals surface area contributed by atoms with Gasteiger partial charge in [0.05, 0.1) is 10.5 Å². The van der Waals surface area contributed by atoms with E-state index in [1.165, 1.54) is 6.07 Å². The summed E-state index contributed by atoms with van der Waals surface area (Å²) in [7, 11) is 0. The first-order valence-corrected chi connectivity index (χ1v) is 10.3. The molecule has 0 bridgehead atoms. The lowest BCUT2D eigenvalue weighted by molar-refractivity contribution is -0.118. The molecule has 0 aliphatic carbocycles. The molecule has 4 N–H and O–H groups in total. The molecule has 0 aliphatic heterocycles. The van der Waals surface area contributed by atoms with E-state index in [-0.39, 0.29) is 15.9 Å². The van der Waals surface area contributed by atoms with Crippen molar-refractivity contribution < 1.29 is 14.0 Å². The summed E-state index contributed by atoms with van der Waals surface area (Å²) in [6.07, 6.45) is 2.33. The fraction of sp³-hybridized carbons (Fsp3) is 0.235. The SMILES string of the molecule is CSCCC(NC(=O)c1cc(Cl)c(Cl)[nH]1)C(=O)Nc1ccc2oc(=O)[nH]c2c1. The molecule has 0 saturated heterocycles. The highest BCUT2D eigenvalue weighted by molar-refractivity contribution is 7.98. The summed E-state index contributed by atoms with van der Waals surface area (Å²) in [5.74, 6) is -0.800. The van der Waals surface area contributed by atoms with Crippen molar-refractivity contribution in [3.05, 3.63) is 50.7 Å². The molecule has 0 saturated carbocycles. The van der Waals surface area contributed by atoms with E-state index in [9.17, 15) is 14.4 Å². The van der Waals surface area contributed by atoms with E-state index in [4.69, 9.17) is 27.6 Å². The number of thioether (sulfide) groups is 1. The van der Waals surface area contributed by atoms with Gasteiger partial charge in [-0.15, -0.1) is 0 Å². The zero-order chi connectivity index (χ0) is 20.3. The summed E-state index contributed by atoms with van der Waals surface area (Å²) in [5, 5.41) is 5.79. The minimum Gasteiger partial charge on any atom is -0.408 e. The lowest BCUT2D eigenvalue weighted by atomic mass is 10.2. The molecule has 2 amide bonds. The first-order valence-electron chi connectivity index (χ1n) is 8.15. The van der Waals surface area contributed by atoms with Gasteiger partial charge in [-0.3, -0.25) is 14.6 Å². The third-order valence-electron chi connectivity index (χ3n) is 3.89. The summed E-state index contributed by atoms with van der Waals surface area (Å²) >= 11 is 13.2. The number of aromatic nitrogens is 2. The van der Waals surface area contributed by atoms with Crippen molar-refractivity contribution in [1.82, 2.24) is 15.3 Å². The molecule has 1 aromatic carbocycles. The summed E-state index contributed by atoms with van der Waals surface area (Å²) in [6.45, 7) is 0. The average molecular weight is 443 g/mol. The van der Waals surface area contributed by atoms with Gasteiger partial charge in [-0.05, 0) is 42.7 Å². The number of hydrogen-bond acceptors (Lipinski definition) is 5. The van der Waals surface area contributed by atoms with Gasteiger partial charge in [-0.25, -0.2) is 4.79 Å². The minimum atomic E-state index is -0.778. The molecule has 0 fully saturated rings. The van der Waals surface area contributed by atoms with E-state index in [0.717, 1.165) is 0 Å². The molecule has 8 nitrogen and oxygen atoms in total. The number of benzene rings is 1. The molecule has 1 unspecified atom stereocenters. The zero-order valence-electron chi connectivity index (χ0n) is 14.6. The molecule has 2 aromatic heterocycles. The van der Waals surface area contributed by atoms with Gasteiger partial charge in [0.25, 0.3) is 5.91 Å². The molecule has 11 heteroatoms. The Bertz CT molecular complexity index is 1060. The number of oxazole rings is 1. The van der Waals surface area contributed by atoms with Gasteiger partial charge in [0.15, 0.2) is 5.58 Å². The van der Waals surface area contributed by atoms with Crippen LogP contribution in [0.25, 0.3) is 11.1 Å². The number of amides is 2. The van der Waals surface area contributed by atoms with Crippen molar-refractivity contribution in [2.75, 3.05) is 17.3 Å². The summed E-state index contributed by atoms with van der Waals surface area (Å²) < 4.78 is 4.93. The summed E-state index contributed by atoms with van der Waals surface area (Å²) in [4.78, 5) is 41.6. The number of nitrogens with one attached hydrogen (secondary N) is 4.